The highest BCUT2D eigenvalue weighted by molar-refractivity contribution is 7.11. The molecule has 0 amide bonds. The van der Waals surface area contributed by atoms with Crippen molar-refractivity contribution in [1.29, 1.82) is 0 Å². The number of aromatic nitrogens is 1. The lowest BCUT2D eigenvalue weighted by Gasteiger charge is -2.38. The van der Waals surface area contributed by atoms with Crippen LogP contribution in [-0.2, 0) is 6.54 Å². The van der Waals surface area contributed by atoms with Crippen molar-refractivity contribution < 1.29 is 5.11 Å². The van der Waals surface area contributed by atoms with E-state index in [9.17, 15) is 5.11 Å². The van der Waals surface area contributed by atoms with Crippen LogP contribution in [0, 0.1) is 5.41 Å². The van der Waals surface area contributed by atoms with Crippen LogP contribution in [-0.4, -0.2) is 28.1 Å². The molecule has 1 aliphatic rings. The zero-order valence-corrected chi connectivity index (χ0v) is 13.3. The Balaban J connectivity index is 1.88. The molecule has 19 heavy (non-hydrogen) atoms. The first kappa shape index (κ1) is 14.9. The van der Waals surface area contributed by atoms with Gasteiger partial charge in [-0.3, -0.25) is 4.90 Å². The molecular weight excluding hydrogens is 256 g/mol. The molecule has 1 saturated carbocycles. The van der Waals surface area contributed by atoms with E-state index in [1.165, 1.54) is 25.7 Å². The van der Waals surface area contributed by atoms with E-state index < -0.39 is 6.10 Å². The van der Waals surface area contributed by atoms with Gasteiger partial charge in [0.1, 0.15) is 5.01 Å². The molecule has 1 aromatic rings. The summed E-state index contributed by atoms with van der Waals surface area (Å²) in [5, 5.41) is 10.6. The SMILES string of the molecule is CC(O)c1cnc(CN(C)C2CCC(C)(C)CC2)s1. The highest BCUT2D eigenvalue weighted by atomic mass is 32.1. The zero-order chi connectivity index (χ0) is 14.0. The maximum absolute atomic E-state index is 9.53. The first-order chi connectivity index (χ1) is 8.87. The summed E-state index contributed by atoms with van der Waals surface area (Å²) >= 11 is 1.63. The maximum Gasteiger partial charge on any atom is 0.107 e. The Labute approximate surface area is 120 Å². The Hall–Kier alpha value is -0.450. The molecule has 1 aromatic heterocycles. The molecular formula is C15H26N2OS. The van der Waals surface area contributed by atoms with Crippen molar-refractivity contribution in [2.24, 2.45) is 5.41 Å². The van der Waals surface area contributed by atoms with Gasteiger partial charge in [0.05, 0.1) is 17.5 Å². The van der Waals surface area contributed by atoms with Crippen LogP contribution in [0.4, 0.5) is 0 Å². The second kappa shape index (κ2) is 5.90. The first-order valence-electron chi connectivity index (χ1n) is 7.20. The summed E-state index contributed by atoms with van der Waals surface area (Å²) in [5.74, 6) is 0. The summed E-state index contributed by atoms with van der Waals surface area (Å²) in [7, 11) is 2.20. The molecule has 1 unspecified atom stereocenters. The molecule has 1 heterocycles. The Morgan fingerprint density at radius 2 is 2.11 bits per heavy atom. The van der Waals surface area contributed by atoms with Crippen LogP contribution in [0.5, 0.6) is 0 Å². The van der Waals surface area contributed by atoms with E-state index in [0.29, 0.717) is 11.5 Å². The molecule has 0 radical (unpaired) electrons. The second-order valence-electron chi connectivity index (χ2n) is 6.64. The highest BCUT2D eigenvalue weighted by Crippen LogP contribution is 2.37. The van der Waals surface area contributed by atoms with Gasteiger partial charge in [-0.2, -0.15) is 0 Å². The van der Waals surface area contributed by atoms with Crippen LogP contribution in [0.2, 0.25) is 0 Å². The van der Waals surface area contributed by atoms with E-state index in [1.54, 1.807) is 18.3 Å². The van der Waals surface area contributed by atoms with Crippen molar-refractivity contribution in [2.45, 2.75) is 65.1 Å². The van der Waals surface area contributed by atoms with Gasteiger partial charge in [0, 0.05) is 12.2 Å². The molecule has 1 fully saturated rings. The highest BCUT2D eigenvalue weighted by Gasteiger charge is 2.29. The van der Waals surface area contributed by atoms with Crippen LogP contribution in [0.1, 0.15) is 62.4 Å². The van der Waals surface area contributed by atoms with E-state index in [2.05, 4.69) is 30.8 Å². The lowest BCUT2D eigenvalue weighted by molar-refractivity contribution is 0.123. The van der Waals surface area contributed by atoms with Gasteiger partial charge >= 0.3 is 0 Å². The van der Waals surface area contributed by atoms with Gasteiger partial charge in [-0.25, -0.2) is 4.98 Å². The van der Waals surface area contributed by atoms with Crippen LogP contribution >= 0.6 is 11.3 Å². The van der Waals surface area contributed by atoms with Gasteiger partial charge in [-0.15, -0.1) is 11.3 Å². The summed E-state index contributed by atoms with van der Waals surface area (Å²) in [6.45, 7) is 7.45. The zero-order valence-electron chi connectivity index (χ0n) is 12.5. The lowest BCUT2D eigenvalue weighted by Crippen LogP contribution is -2.36. The van der Waals surface area contributed by atoms with Crippen molar-refractivity contribution in [2.75, 3.05) is 7.05 Å². The average molecular weight is 282 g/mol. The molecule has 0 spiro atoms. The number of aliphatic hydroxyl groups is 1. The van der Waals surface area contributed by atoms with Gasteiger partial charge in [-0.1, -0.05) is 13.8 Å². The molecule has 0 saturated heterocycles. The molecule has 4 heteroatoms. The third-order valence-electron chi connectivity index (χ3n) is 4.30. The first-order valence-corrected chi connectivity index (χ1v) is 8.02. The monoisotopic (exact) mass is 282 g/mol. The van der Waals surface area contributed by atoms with Crippen molar-refractivity contribution in [3.63, 3.8) is 0 Å². The maximum atomic E-state index is 9.53. The van der Waals surface area contributed by atoms with E-state index in [1.807, 2.05) is 6.20 Å². The number of hydrogen-bond donors (Lipinski definition) is 1. The van der Waals surface area contributed by atoms with Gasteiger partial charge in [0.25, 0.3) is 0 Å². The number of thiazole rings is 1. The van der Waals surface area contributed by atoms with Crippen LogP contribution in [0.15, 0.2) is 6.20 Å². The standard InChI is InChI=1S/C15H26N2OS/c1-11(18)13-9-16-14(19-13)10-17(4)12-5-7-15(2,3)8-6-12/h9,11-12,18H,5-8,10H2,1-4H3. The molecule has 1 atom stereocenters. The number of hydrogen-bond acceptors (Lipinski definition) is 4. The van der Waals surface area contributed by atoms with Crippen LogP contribution in [0.25, 0.3) is 0 Å². The molecule has 1 N–H and O–H groups in total. The van der Waals surface area contributed by atoms with E-state index >= 15 is 0 Å². The smallest absolute Gasteiger partial charge is 0.107 e. The quantitative estimate of drug-likeness (QED) is 0.916. The number of aliphatic hydroxyl groups excluding tert-OH is 1. The van der Waals surface area contributed by atoms with Crippen LogP contribution < -0.4 is 0 Å². The van der Waals surface area contributed by atoms with Crippen molar-refractivity contribution in [3.05, 3.63) is 16.1 Å². The topological polar surface area (TPSA) is 36.4 Å². The van der Waals surface area contributed by atoms with Gasteiger partial charge in [-0.05, 0) is 45.1 Å². The fourth-order valence-electron chi connectivity index (χ4n) is 2.76. The van der Waals surface area contributed by atoms with Gasteiger partial charge in [0.2, 0.25) is 0 Å². The molecule has 108 valence electrons. The second-order valence-corrected chi connectivity index (χ2v) is 7.79. The minimum Gasteiger partial charge on any atom is -0.388 e. The lowest BCUT2D eigenvalue weighted by atomic mass is 9.75. The summed E-state index contributed by atoms with van der Waals surface area (Å²) in [6, 6.07) is 0.687. The van der Waals surface area contributed by atoms with Crippen molar-refractivity contribution in [1.82, 2.24) is 9.88 Å². The third kappa shape index (κ3) is 4.01. The fraction of sp³-hybridized carbons (Fsp3) is 0.800. The Morgan fingerprint density at radius 3 is 2.63 bits per heavy atom. The normalized spacial score (nSPS) is 21.8. The predicted molar refractivity (Wildman–Crippen MR) is 80.3 cm³/mol. The average Bonchev–Trinajstić information content (AvgIpc) is 2.77. The van der Waals surface area contributed by atoms with Crippen molar-refractivity contribution in [3.8, 4) is 0 Å². The minimum atomic E-state index is -0.396. The molecule has 0 aromatic carbocycles. The van der Waals surface area contributed by atoms with E-state index in [-0.39, 0.29) is 0 Å². The van der Waals surface area contributed by atoms with Crippen molar-refractivity contribution >= 4 is 11.3 Å². The molecule has 3 nitrogen and oxygen atoms in total. The molecule has 0 bridgehead atoms. The number of nitrogens with zero attached hydrogens (tertiary/aromatic N) is 2. The Bertz CT molecular complexity index is 404. The Kier molecular flexibility index (Phi) is 4.64. The van der Waals surface area contributed by atoms with Gasteiger partial charge in [0.15, 0.2) is 0 Å². The van der Waals surface area contributed by atoms with E-state index in [0.717, 1.165) is 16.4 Å². The van der Waals surface area contributed by atoms with Crippen LogP contribution in [0.3, 0.4) is 0 Å². The molecule has 0 aliphatic heterocycles. The summed E-state index contributed by atoms with van der Waals surface area (Å²) < 4.78 is 0. The van der Waals surface area contributed by atoms with E-state index in [4.69, 9.17) is 0 Å². The third-order valence-corrected chi connectivity index (χ3v) is 5.45. The molecule has 1 aliphatic carbocycles. The summed E-state index contributed by atoms with van der Waals surface area (Å²) in [4.78, 5) is 7.81. The predicted octanol–water partition coefficient (Wildman–Crippen LogP) is 3.60. The largest absolute Gasteiger partial charge is 0.388 e. The van der Waals surface area contributed by atoms with Gasteiger partial charge < -0.3 is 5.11 Å². The minimum absolute atomic E-state index is 0.396. The summed E-state index contributed by atoms with van der Waals surface area (Å²) in [6.07, 6.45) is 6.63. The number of rotatable bonds is 4. The molecule has 2 rings (SSSR count). The Morgan fingerprint density at radius 1 is 1.47 bits per heavy atom. The fourth-order valence-corrected chi connectivity index (χ4v) is 3.68. The summed E-state index contributed by atoms with van der Waals surface area (Å²) in [5.41, 5.74) is 0.526.